The summed E-state index contributed by atoms with van der Waals surface area (Å²) in [5, 5.41) is 0. The summed E-state index contributed by atoms with van der Waals surface area (Å²) in [6, 6.07) is 9.43. The average Bonchev–Trinajstić information content (AvgIpc) is 3.27. The third-order valence-corrected chi connectivity index (χ3v) is 6.92. The van der Waals surface area contributed by atoms with Crippen molar-refractivity contribution < 1.29 is 22.7 Å². The number of thioether (sulfide) groups is 1. The normalized spacial score (nSPS) is 14.0. The van der Waals surface area contributed by atoms with E-state index in [4.69, 9.17) is 9.47 Å². The first-order chi connectivity index (χ1) is 13.9. The van der Waals surface area contributed by atoms with Crippen LogP contribution in [0.5, 0.6) is 11.5 Å². The van der Waals surface area contributed by atoms with Crippen LogP contribution in [0, 0.1) is 0 Å². The predicted octanol–water partition coefficient (Wildman–Crippen LogP) is 3.46. The standard InChI is InChI=1S/C20H24N2O5S2/c1-26-14-6-8-17(18(12-14)27-2)21-29(24,25)15-7-9-19(28-3)16(13-15)20(23)22-10-4-5-11-22/h6-9,12-13,21H,4-5,10-11H2,1-3H3. The zero-order valence-electron chi connectivity index (χ0n) is 16.6. The minimum absolute atomic E-state index is 0.0238. The fraction of sp³-hybridized carbons (Fsp3) is 0.350. The van der Waals surface area contributed by atoms with Gasteiger partial charge < -0.3 is 14.4 Å². The molecule has 156 valence electrons. The van der Waals surface area contributed by atoms with Crippen molar-refractivity contribution in [1.82, 2.24) is 4.90 Å². The second kappa shape index (κ2) is 8.96. The molecule has 2 aromatic carbocycles. The molecule has 7 nitrogen and oxygen atoms in total. The number of anilines is 1. The lowest BCUT2D eigenvalue weighted by Gasteiger charge is -2.18. The van der Waals surface area contributed by atoms with Crippen LogP contribution in [0.2, 0.25) is 0 Å². The Labute approximate surface area is 175 Å². The molecule has 1 N–H and O–H groups in total. The van der Waals surface area contributed by atoms with Crippen LogP contribution in [-0.4, -0.2) is 52.8 Å². The van der Waals surface area contributed by atoms with Gasteiger partial charge in [0.15, 0.2) is 0 Å². The summed E-state index contributed by atoms with van der Waals surface area (Å²) in [7, 11) is -0.951. The minimum Gasteiger partial charge on any atom is -0.497 e. The van der Waals surface area contributed by atoms with E-state index in [1.165, 1.54) is 38.1 Å². The Hall–Kier alpha value is -2.39. The lowest BCUT2D eigenvalue weighted by atomic mass is 10.2. The molecule has 0 atom stereocenters. The van der Waals surface area contributed by atoms with Gasteiger partial charge in [0.1, 0.15) is 11.5 Å². The molecule has 1 saturated heterocycles. The molecule has 0 unspecified atom stereocenters. The molecule has 0 aliphatic carbocycles. The Morgan fingerprint density at radius 2 is 1.79 bits per heavy atom. The summed E-state index contributed by atoms with van der Waals surface area (Å²) in [4.78, 5) is 15.4. The van der Waals surface area contributed by atoms with Crippen molar-refractivity contribution in [2.24, 2.45) is 0 Å². The number of sulfonamides is 1. The van der Waals surface area contributed by atoms with Gasteiger partial charge in [-0.05, 0) is 49.4 Å². The molecule has 0 aromatic heterocycles. The summed E-state index contributed by atoms with van der Waals surface area (Å²) in [6.45, 7) is 1.40. The second-order valence-corrected chi connectivity index (χ2v) is 9.06. The highest BCUT2D eigenvalue weighted by Crippen LogP contribution is 2.32. The molecule has 2 aromatic rings. The SMILES string of the molecule is COc1ccc(NS(=O)(=O)c2ccc(SC)c(C(=O)N3CCCC3)c2)c(OC)c1. The van der Waals surface area contributed by atoms with Gasteiger partial charge in [0.2, 0.25) is 0 Å². The zero-order chi connectivity index (χ0) is 21.0. The van der Waals surface area contributed by atoms with Gasteiger partial charge >= 0.3 is 0 Å². The molecule has 0 bridgehead atoms. The van der Waals surface area contributed by atoms with E-state index < -0.39 is 10.0 Å². The van der Waals surface area contributed by atoms with Gasteiger partial charge in [0.25, 0.3) is 15.9 Å². The number of hydrogen-bond donors (Lipinski definition) is 1. The van der Waals surface area contributed by atoms with Crippen LogP contribution in [0.25, 0.3) is 0 Å². The first-order valence-electron chi connectivity index (χ1n) is 9.11. The minimum atomic E-state index is -3.92. The lowest BCUT2D eigenvalue weighted by molar-refractivity contribution is 0.0789. The van der Waals surface area contributed by atoms with Gasteiger partial charge in [-0.25, -0.2) is 8.42 Å². The number of rotatable bonds is 7. The maximum Gasteiger partial charge on any atom is 0.262 e. The number of carbonyl (C=O) groups is 1. The summed E-state index contributed by atoms with van der Waals surface area (Å²) >= 11 is 1.42. The number of ether oxygens (including phenoxy) is 2. The van der Waals surface area contributed by atoms with Gasteiger partial charge in [0, 0.05) is 24.1 Å². The number of benzene rings is 2. The highest BCUT2D eigenvalue weighted by Gasteiger charge is 2.25. The molecule has 0 spiro atoms. The van der Waals surface area contributed by atoms with Crippen molar-refractivity contribution in [2.75, 3.05) is 38.3 Å². The molecular formula is C20H24N2O5S2. The van der Waals surface area contributed by atoms with Crippen molar-refractivity contribution in [1.29, 1.82) is 0 Å². The van der Waals surface area contributed by atoms with E-state index in [2.05, 4.69) is 4.72 Å². The molecule has 9 heteroatoms. The Balaban J connectivity index is 1.95. The molecule has 1 heterocycles. The van der Waals surface area contributed by atoms with Gasteiger partial charge in [-0.2, -0.15) is 0 Å². The number of nitrogens with one attached hydrogen (secondary N) is 1. The quantitative estimate of drug-likeness (QED) is 0.669. The molecule has 0 radical (unpaired) electrons. The second-order valence-electron chi connectivity index (χ2n) is 6.53. The monoisotopic (exact) mass is 436 g/mol. The molecule has 0 saturated carbocycles. The fourth-order valence-corrected chi connectivity index (χ4v) is 4.86. The number of hydrogen-bond acceptors (Lipinski definition) is 6. The van der Waals surface area contributed by atoms with Crippen molar-refractivity contribution in [2.45, 2.75) is 22.6 Å². The number of amides is 1. The maximum absolute atomic E-state index is 13.0. The largest absolute Gasteiger partial charge is 0.497 e. The zero-order valence-corrected chi connectivity index (χ0v) is 18.2. The third kappa shape index (κ3) is 4.62. The predicted molar refractivity (Wildman–Crippen MR) is 114 cm³/mol. The smallest absolute Gasteiger partial charge is 0.262 e. The van der Waals surface area contributed by atoms with E-state index in [1.54, 1.807) is 29.2 Å². The molecule has 29 heavy (non-hydrogen) atoms. The maximum atomic E-state index is 13.0. The summed E-state index contributed by atoms with van der Waals surface area (Å²) in [5.41, 5.74) is 0.693. The van der Waals surface area contributed by atoms with E-state index in [1.807, 2.05) is 6.26 Å². The molecule has 1 fully saturated rings. The van der Waals surface area contributed by atoms with Crippen LogP contribution in [0.15, 0.2) is 46.2 Å². The number of nitrogens with zero attached hydrogens (tertiary/aromatic N) is 1. The van der Waals surface area contributed by atoms with E-state index in [0.29, 0.717) is 30.2 Å². The molecule has 3 rings (SSSR count). The highest BCUT2D eigenvalue weighted by atomic mass is 32.2. The third-order valence-electron chi connectivity index (χ3n) is 4.76. The fourth-order valence-electron chi connectivity index (χ4n) is 3.20. The summed E-state index contributed by atoms with van der Waals surface area (Å²) < 4.78 is 38.9. The van der Waals surface area contributed by atoms with Gasteiger partial charge in [-0.15, -0.1) is 11.8 Å². The van der Waals surface area contributed by atoms with E-state index in [9.17, 15) is 13.2 Å². The van der Waals surface area contributed by atoms with Crippen LogP contribution >= 0.6 is 11.8 Å². The Morgan fingerprint density at radius 1 is 1.07 bits per heavy atom. The van der Waals surface area contributed by atoms with Crippen LogP contribution in [-0.2, 0) is 10.0 Å². The van der Waals surface area contributed by atoms with E-state index in [0.717, 1.165) is 17.7 Å². The van der Waals surface area contributed by atoms with Crippen molar-refractivity contribution in [3.8, 4) is 11.5 Å². The van der Waals surface area contributed by atoms with Crippen LogP contribution in [0.1, 0.15) is 23.2 Å². The molecular weight excluding hydrogens is 412 g/mol. The topological polar surface area (TPSA) is 84.9 Å². The summed E-state index contributed by atoms with van der Waals surface area (Å²) in [6.07, 6.45) is 3.80. The molecule has 1 aliphatic heterocycles. The Morgan fingerprint density at radius 3 is 2.41 bits per heavy atom. The first kappa shape index (κ1) is 21.3. The number of likely N-dealkylation sites (tertiary alicyclic amines) is 1. The first-order valence-corrected chi connectivity index (χ1v) is 11.8. The Bertz CT molecular complexity index is 1000. The van der Waals surface area contributed by atoms with Crippen molar-refractivity contribution in [3.63, 3.8) is 0 Å². The molecule has 1 aliphatic rings. The number of methoxy groups -OCH3 is 2. The van der Waals surface area contributed by atoms with Gasteiger partial charge in [-0.3, -0.25) is 9.52 Å². The van der Waals surface area contributed by atoms with Gasteiger partial charge in [-0.1, -0.05) is 0 Å². The van der Waals surface area contributed by atoms with Crippen molar-refractivity contribution >= 4 is 33.4 Å². The number of carbonyl (C=O) groups excluding carboxylic acids is 1. The molecule has 1 amide bonds. The lowest BCUT2D eigenvalue weighted by Crippen LogP contribution is -2.28. The van der Waals surface area contributed by atoms with Gasteiger partial charge in [0.05, 0.1) is 30.4 Å². The van der Waals surface area contributed by atoms with E-state index >= 15 is 0 Å². The highest BCUT2D eigenvalue weighted by molar-refractivity contribution is 7.98. The average molecular weight is 437 g/mol. The van der Waals surface area contributed by atoms with E-state index in [-0.39, 0.29) is 16.5 Å². The van der Waals surface area contributed by atoms with Crippen LogP contribution in [0.4, 0.5) is 5.69 Å². The van der Waals surface area contributed by atoms with Crippen molar-refractivity contribution in [3.05, 3.63) is 42.0 Å². The summed E-state index contributed by atoms with van der Waals surface area (Å²) in [5.74, 6) is 0.751. The Kier molecular flexibility index (Phi) is 6.59. The van der Waals surface area contributed by atoms with Crippen LogP contribution < -0.4 is 14.2 Å². The van der Waals surface area contributed by atoms with Crippen LogP contribution in [0.3, 0.4) is 0 Å².